The number of hydrogen-bond donors (Lipinski definition) is 0. The third-order valence-corrected chi connectivity index (χ3v) is 6.73. The van der Waals surface area contributed by atoms with Crippen LogP contribution in [0.2, 0.25) is 0 Å². The Morgan fingerprint density at radius 1 is 1.10 bits per heavy atom. The predicted molar refractivity (Wildman–Crippen MR) is 121 cm³/mol. The minimum atomic E-state index is -0.377. The summed E-state index contributed by atoms with van der Waals surface area (Å²) in [5.74, 6) is 2.08. The summed E-state index contributed by atoms with van der Waals surface area (Å²) < 4.78 is 20.2. The second kappa shape index (κ2) is 9.91. The number of para-hydroxylation sites is 1. The molecule has 0 saturated carbocycles. The lowest BCUT2D eigenvalue weighted by Crippen LogP contribution is -2.30. The Bertz CT molecular complexity index is 1100. The van der Waals surface area contributed by atoms with E-state index in [-0.39, 0.29) is 18.3 Å². The van der Waals surface area contributed by atoms with Gasteiger partial charge in [0.05, 0.1) is 17.5 Å². The summed E-state index contributed by atoms with van der Waals surface area (Å²) in [6.45, 7) is 0.282. The van der Waals surface area contributed by atoms with Gasteiger partial charge in [-0.3, -0.25) is 9.69 Å². The molecule has 30 heavy (non-hydrogen) atoms. The van der Waals surface area contributed by atoms with Crippen LogP contribution in [0, 0.1) is 5.82 Å². The van der Waals surface area contributed by atoms with Crippen molar-refractivity contribution in [3.63, 3.8) is 0 Å². The number of carbonyl (C=O) groups excluding carboxylic acids is 1. The van der Waals surface area contributed by atoms with Crippen molar-refractivity contribution in [1.29, 1.82) is 0 Å². The maximum atomic E-state index is 14.1. The summed E-state index contributed by atoms with van der Waals surface area (Å²) in [5, 5.41) is 0.494. The molecule has 2 aromatic carbocycles. The Morgan fingerprint density at radius 2 is 1.97 bits per heavy atom. The SMILES string of the molecule is O=C(CCCSCc1ccccc1)N(Cc1ccco1)c1nc2c(F)cccc2s1. The van der Waals surface area contributed by atoms with Gasteiger partial charge in [-0.15, -0.1) is 0 Å². The largest absolute Gasteiger partial charge is 0.467 e. The van der Waals surface area contributed by atoms with Crippen LogP contribution in [-0.2, 0) is 17.1 Å². The molecule has 0 aliphatic carbocycles. The number of hydrogen-bond acceptors (Lipinski definition) is 5. The van der Waals surface area contributed by atoms with E-state index in [4.69, 9.17) is 4.42 Å². The number of thiazole rings is 1. The fourth-order valence-corrected chi connectivity index (χ4v) is 4.98. The number of anilines is 1. The van der Waals surface area contributed by atoms with Gasteiger partial charge in [-0.05, 0) is 42.0 Å². The molecule has 0 radical (unpaired) electrons. The van der Waals surface area contributed by atoms with Gasteiger partial charge in [-0.2, -0.15) is 11.8 Å². The van der Waals surface area contributed by atoms with E-state index in [9.17, 15) is 9.18 Å². The first kappa shape index (κ1) is 20.6. The monoisotopic (exact) mass is 440 g/mol. The van der Waals surface area contributed by atoms with Crippen molar-refractivity contribution in [1.82, 2.24) is 4.98 Å². The van der Waals surface area contributed by atoms with Gasteiger partial charge < -0.3 is 4.42 Å². The van der Waals surface area contributed by atoms with Crippen LogP contribution in [0.4, 0.5) is 9.52 Å². The molecule has 7 heteroatoms. The van der Waals surface area contributed by atoms with Crippen molar-refractivity contribution < 1.29 is 13.6 Å². The van der Waals surface area contributed by atoms with Crippen molar-refractivity contribution in [2.75, 3.05) is 10.7 Å². The van der Waals surface area contributed by atoms with Crippen molar-refractivity contribution >= 4 is 44.4 Å². The fourth-order valence-electron chi connectivity index (χ4n) is 3.06. The van der Waals surface area contributed by atoms with E-state index in [0.717, 1.165) is 22.6 Å². The van der Waals surface area contributed by atoms with Crippen LogP contribution >= 0.6 is 23.1 Å². The first-order chi connectivity index (χ1) is 14.7. The number of benzene rings is 2. The quantitative estimate of drug-likeness (QED) is 0.288. The molecule has 0 aliphatic rings. The summed E-state index contributed by atoms with van der Waals surface area (Å²) >= 11 is 3.13. The van der Waals surface area contributed by atoms with Gasteiger partial charge >= 0.3 is 0 Å². The Morgan fingerprint density at radius 3 is 2.73 bits per heavy atom. The van der Waals surface area contributed by atoms with E-state index < -0.39 is 0 Å². The van der Waals surface area contributed by atoms with E-state index in [0.29, 0.717) is 22.8 Å². The molecule has 2 heterocycles. The summed E-state index contributed by atoms with van der Waals surface area (Å²) in [6, 6.07) is 18.8. The van der Waals surface area contributed by atoms with Gasteiger partial charge in [0.2, 0.25) is 5.91 Å². The van der Waals surface area contributed by atoms with Crippen molar-refractivity contribution in [2.45, 2.75) is 25.1 Å². The maximum Gasteiger partial charge on any atom is 0.229 e. The maximum absolute atomic E-state index is 14.1. The molecule has 1 amide bonds. The van der Waals surface area contributed by atoms with Crippen molar-refractivity contribution in [2.24, 2.45) is 0 Å². The highest BCUT2D eigenvalue weighted by Gasteiger charge is 2.21. The molecule has 0 saturated heterocycles. The van der Waals surface area contributed by atoms with Gasteiger partial charge in [0.15, 0.2) is 5.13 Å². The Hall–Kier alpha value is -2.64. The standard InChI is InChI=1S/C23H21FN2O2S2/c24-19-10-4-11-20-22(19)25-23(30-20)26(15-18-9-5-13-28-18)21(27)12-6-14-29-16-17-7-2-1-3-8-17/h1-5,7-11,13H,6,12,14-16H2. The molecule has 0 fully saturated rings. The molecule has 0 atom stereocenters. The lowest BCUT2D eigenvalue weighted by Gasteiger charge is -2.18. The number of furan rings is 1. The highest BCUT2D eigenvalue weighted by atomic mass is 32.2. The zero-order chi connectivity index (χ0) is 20.8. The molecule has 0 spiro atoms. The van der Waals surface area contributed by atoms with E-state index in [1.54, 1.807) is 23.3 Å². The predicted octanol–water partition coefficient (Wildman–Crippen LogP) is 6.28. The van der Waals surface area contributed by atoms with E-state index in [1.165, 1.54) is 23.0 Å². The molecule has 4 rings (SSSR count). The van der Waals surface area contributed by atoms with Crippen LogP contribution in [0.15, 0.2) is 71.3 Å². The average molecular weight is 441 g/mol. The average Bonchev–Trinajstić information content (AvgIpc) is 3.43. The number of fused-ring (bicyclic) bond motifs is 1. The molecule has 154 valence electrons. The van der Waals surface area contributed by atoms with Gasteiger partial charge in [0, 0.05) is 12.2 Å². The summed E-state index contributed by atoms with van der Waals surface area (Å²) in [7, 11) is 0. The van der Waals surface area contributed by atoms with Crippen LogP contribution in [-0.4, -0.2) is 16.6 Å². The van der Waals surface area contributed by atoms with Crippen molar-refractivity contribution in [3.05, 3.63) is 84.1 Å². The number of nitrogens with zero attached hydrogens (tertiary/aromatic N) is 2. The number of amides is 1. The minimum Gasteiger partial charge on any atom is -0.467 e. The van der Waals surface area contributed by atoms with Crippen LogP contribution in [0.1, 0.15) is 24.2 Å². The third kappa shape index (κ3) is 5.09. The number of carbonyl (C=O) groups is 1. The van der Waals surface area contributed by atoms with Gasteiger partial charge in [-0.1, -0.05) is 47.7 Å². The minimum absolute atomic E-state index is 0.0359. The molecule has 0 bridgehead atoms. The van der Waals surface area contributed by atoms with Gasteiger partial charge in [-0.25, -0.2) is 9.37 Å². The Balaban J connectivity index is 1.41. The smallest absolute Gasteiger partial charge is 0.229 e. The van der Waals surface area contributed by atoms with Crippen LogP contribution in [0.3, 0.4) is 0 Å². The molecule has 0 unspecified atom stereocenters. The highest BCUT2D eigenvalue weighted by molar-refractivity contribution is 7.98. The van der Waals surface area contributed by atoms with Crippen LogP contribution in [0.25, 0.3) is 10.2 Å². The molecule has 2 aromatic heterocycles. The summed E-state index contributed by atoms with van der Waals surface area (Å²) in [5.41, 5.74) is 1.58. The second-order valence-corrected chi connectivity index (χ2v) is 8.90. The zero-order valence-electron chi connectivity index (χ0n) is 16.3. The number of thioether (sulfide) groups is 1. The number of aromatic nitrogens is 1. The fraction of sp³-hybridized carbons (Fsp3) is 0.217. The van der Waals surface area contributed by atoms with Gasteiger partial charge in [0.25, 0.3) is 0 Å². The molecule has 0 N–H and O–H groups in total. The topological polar surface area (TPSA) is 46.3 Å². The normalized spacial score (nSPS) is 11.1. The van der Waals surface area contributed by atoms with Crippen LogP contribution < -0.4 is 4.90 Å². The molecule has 4 aromatic rings. The number of halogens is 1. The zero-order valence-corrected chi connectivity index (χ0v) is 17.9. The number of rotatable bonds is 9. The summed E-state index contributed by atoms with van der Waals surface area (Å²) in [4.78, 5) is 19.0. The third-order valence-electron chi connectivity index (χ3n) is 4.58. The van der Waals surface area contributed by atoms with E-state index in [2.05, 4.69) is 17.1 Å². The Kier molecular flexibility index (Phi) is 6.81. The second-order valence-electron chi connectivity index (χ2n) is 6.78. The first-order valence-corrected chi connectivity index (χ1v) is 11.7. The highest BCUT2D eigenvalue weighted by Crippen LogP contribution is 2.31. The van der Waals surface area contributed by atoms with Crippen LogP contribution in [0.5, 0.6) is 0 Å². The molecule has 0 aliphatic heterocycles. The first-order valence-electron chi connectivity index (χ1n) is 9.70. The van der Waals surface area contributed by atoms with E-state index >= 15 is 0 Å². The molecule has 4 nitrogen and oxygen atoms in total. The molecular weight excluding hydrogens is 419 g/mol. The summed E-state index contributed by atoms with van der Waals surface area (Å²) in [6.07, 6.45) is 2.75. The van der Waals surface area contributed by atoms with E-state index in [1.807, 2.05) is 42.1 Å². The van der Waals surface area contributed by atoms with Gasteiger partial charge in [0.1, 0.15) is 17.1 Å². The molecular formula is C23H21FN2O2S2. The Labute approximate surface area is 182 Å². The lowest BCUT2D eigenvalue weighted by molar-refractivity contribution is -0.118. The lowest BCUT2D eigenvalue weighted by atomic mass is 10.2. The van der Waals surface area contributed by atoms with Crippen molar-refractivity contribution in [3.8, 4) is 0 Å².